The number of H-pyrrole nitrogens is 1. The lowest BCUT2D eigenvalue weighted by atomic mass is 9.95. The molecule has 1 aromatic heterocycles. The highest BCUT2D eigenvalue weighted by molar-refractivity contribution is 5.87. The Morgan fingerprint density at radius 3 is 2.71 bits per heavy atom. The monoisotopic (exact) mass is 422 g/mol. The maximum Gasteiger partial charge on any atom is 0.311 e. The van der Waals surface area contributed by atoms with E-state index in [2.05, 4.69) is 4.98 Å². The number of carbonyl (C=O) groups excluding carboxylic acids is 1. The Morgan fingerprint density at radius 2 is 1.97 bits per heavy atom. The molecule has 1 aliphatic rings. The molecular formula is C24H26N2O5. The number of aryl methyl sites for hydroxylation is 1. The Labute approximate surface area is 180 Å². The number of methoxy groups -OCH3 is 1. The van der Waals surface area contributed by atoms with Gasteiger partial charge in [0.25, 0.3) is 0 Å². The SMILES string of the molecule is COC(=O)CCc1cc(-c2ccc3[nH]ccc3c2)c(OC2CCCCC2)c([N+](=O)[O-])c1. The largest absolute Gasteiger partial charge is 0.483 e. The molecule has 7 nitrogen and oxygen atoms in total. The molecule has 0 radical (unpaired) electrons. The number of hydrogen-bond acceptors (Lipinski definition) is 5. The van der Waals surface area contributed by atoms with Crippen molar-refractivity contribution >= 4 is 22.6 Å². The van der Waals surface area contributed by atoms with E-state index >= 15 is 0 Å². The summed E-state index contributed by atoms with van der Waals surface area (Å²) < 4.78 is 11.0. The number of hydrogen-bond donors (Lipinski definition) is 1. The Kier molecular flexibility index (Phi) is 6.21. The van der Waals surface area contributed by atoms with Crippen molar-refractivity contribution in [3.05, 3.63) is 58.3 Å². The van der Waals surface area contributed by atoms with E-state index in [0.29, 0.717) is 23.3 Å². The summed E-state index contributed by atoms with van der Waals surface area (Å²) in [6.45, 7) is 0. The van der Waals surface area contributed by atoms with Gasteiger partial charge in [-0.15, -0.1) is 0 Å². The van der Waals surface area contributed by atoms with Gasteiger partial charge in [-0.2, -0.15) is 0 Å². The van der Waals surface area contributed by atoms with Crippen LogP contribution in [0.2, 0.25) is 0 Å². The number of benzene rings is 2. The summed E-state index contributed by atoms with van der Waals surface area (Å²) in [5.74, 6) is -0.0333. The van der Waals surface area contributed by atoms with Gasteiger partial charge in [-0.25, -0.2) is 0 Å². The van der Waals surface area contributed by atoms with Crippen LogP contribution in [0.15, 0.2) is 42.6 Å². The van der Waals surface area contributed by atoms with E-state index in [-0.39, 0.29) is 24.2 Å². The van der Waals surface area contributed by atoms with Crippen molar-refractivity contribution in [2.75, 3.05) is 7.11 Å². The molecule has 0 spiro atoms. The first-order chi connectivity index (χ1) is 15.0. The molecule has 1 saturated carbocycles. The average Bonchev–Trinajstić information content (AvgIpc) is 3.26. The molecule has 1 fully saturated rings. The number of aromatic nitrogens is 1. The maximum atomic E-state index is 12.0. The Hall–Kier alpha value is -3.35. The summed E-state index contributed by atoms with van der Waals surface area (Å²) in [7, 11) is 1.34. The first-order valence-electron chi connectivity index (χ1n) is 10.7. The molecule has 0 atom stereocenters. The van der Waals surface area contributed by atoms with Gasteiger partial charge in [0.1, 0.15) is 0 Å². The van der Waals surface area contributed by atoms with E-state index < -0.39 is 4.92 Å². The van der Waals surface area contributed by atoms with Crippen LogP contribution in [0.1, 0.15) is 44.1 Å². The van der Waals surface area contributed by atoms with Gasteiger partial charge < -0.3 is 14.5 Å². The van der Waals surface area contributed by atoms with Gasteiger partial charge in [0.15, 0.2) is 0 Å². The number of nitrogens with one attached hydrogen (secondary N) is 1. The summed E-state index contributed by atoms with van der Waals surface area (Å²) >= 11 is 0. The van der Waals surface area contributed by atoms with Gasteiger partial charge in [-0.3, -0.25) is 14.9 Å². The second kappa shape index (κ2) is 9.20. The summed E-state index contributed by atoms with van der Waals surface area (Å²) in [5, 5.41) is 13.0. The van der Waals surface area contributed by atoms with Crippen LogP contribution < -0.4 is 4.74 Å². The van der Waals surface area contributed by atoms with Crippen LogP contribution in [0.3, 0.4) is 0 Å². The van der Waals surface area contributed by atoms with Crippen molar-refractivity contribution in [2.45, 2.75) is 51.0 Å². The number of ether oxygens (including phenoxy) is 2. The van der Waals surface area contributed by atoms with Crippen molar-refractivity contribution in [1.82, 2.24) is 4.98 Å². The van der Waals surface area contributed by atoms with Gasteiger partial charge in [-0.1, -0.05) is 12.5 Å². The Bertz CT molecular complexity index is 1100. The first-order valence-corrected chi connectivity index (χ1v) is 10.7. The molecule has 1 heterocycles. The second-order valence-electron chi connectivity index (χ2n) is 7.98. The van der Waals surface area contributed by atoms with Crippen LogP contribution in [-0.4, -0.2) is 29.1 Å². The van der Waals surface area contributed by atoms with Crippen LogP contribution in [0.4, 0.5) is 5.69 Å². The molecule has 0 amide bonds. The third-order valence-corrected chi connectivity index (χ3v) is 5.87. The quantitative estimate of drug-likeness (QED) is 0.306. The third kappa shape index (κ3) is 4.71. The number of aromatic amines is 1. The molecule has 0 bridgehead atoms. The van der Waals surface area contributed by atoms with E-state index in [4.69, 9.17) is 9.47 Å². The summed E-state index contributed by atoms with van der Waals surface area (Å²) in [4.78, 5) is 26.4. The average molecular weight is 422 g/mol. The van der Waals surface area contributed by atoms with Crippen molar-refractivity contribution in [2.24, 2.45) is 0 Å². The first kappa shape index (κ1) is 20.9. The van der Waals surface area contributed by atoms with Crippen LogP contribution in [-0.2, 0) is 16.0 Å². The van der Waals surface area contributed by atoms with E-state index in [1.165, 1.54) is 19.6 Å². The van der Waals surface area contributed by atoms with Crippen LogP contribution >= 0.6 is 0 Å². The Morgan fingerprint density at radius 1 is 1.16 bits per heavy atom. The van der Waals surface area contributed by atoms with Crippen LogP contribution in [0.5, 0.6) is 5.75 Å². The topological polar surface area (TPSA) is 94.5 Å². The lowest BCUT2D eigenvalue weighted by molar-refractivity contribution is -0.386. The van der Waals surface area contributed by atoms with Gasteiger partial charge in [0, 0.05) is 29.8 Å². The number of fused-ring (bicyclic) bond motifs is 1. The minimum atomic E-state index is -0.391. The summed E-state index contributed by atoms with van der Waals surface area (Å²) in [5.41, 5.74) is 3.17. The predicted octanol–water partition coefficient (Wildman–Crippen LogP) is 5.56. The minimum Gasteiger partial charge on any atom is -0.483 e. The smallest absolute Gasteiger partial charge is 0.311 e. The van der Waals surface area contributed by atoms with Crippen molar-refractivity contribution in [3.63, 3.8) is 0 Å². The number of esters is 1. The number of nitro groups is 1. The summed E-state index contributed by atoms with van der Waals surface area (Å²) in [6, 6.07) is 11.3. The highest BCUT2D eigenvalue weighted by Crippen LogP contribution is 2.42. The molecule has 162 valence electrons. The molecule has 7 heteroatoms. The lowest BCUT2D eigenvalue weighted by Gasteiger charge is -2.24. The molecule has 3 aromatic rings. The second-order valence-corrected chi connectivity index (χ2v) is 7.98. The molecule has 0 saturated heterocycles. The zero-order valence-corrected chi connectivity index (χ0v) is 17.6. The highest BCUT2D eigenvalue weighted by Gasteiger charge is 2.26. The molecular weight excluding hydrogens is 396 g/mol. The molecule has 4 rings (SSSR count). The molecule has 1 N–H and O–H groups in total. The minimum absolute atomic E-state index is 0.0249. The predicted molar refractivity (Wildman–Crippen MR) is 118 cm³/mol. The fourth-order valence-electron chi connectivity index (χ4n) is 4.21. The van der Waals surface area contributed by atoms with Gasteiger partial charge in [0.2, 0.25) is 5.75 Å². The van der Waals surface area contributed by atoms with Gasteiger partial charge >= 0.3 is 11.7 Å². The zero-order chi connectivity index (χ0) is 21.8. The van der Waals surface area contributed by atoms with Crippen molar-refractivity contribution in [3.8, 4) is 16.9 Å². The van der Waals surface area contributed by atoms with E-state index in [1.807, 2.05) is 36.5 Å². The van der Waals surface area contributed by atoms with E-state index in [1.54, 1.807) is 0 Å². The lowest BCUT2D eigenvalue weighted by Crippen LogP contribution is -2.20. The molecule has 0 unspecified atom stereocenters. The number of rotatable bonds is 7. The van der Waals surface area contributed by atoms with E-state index in [0.717, 1.165) is 42.1 Å². The summed E-state index contributed by atoms with van der Waals surface area (Å²) in [6.07, 6.45) is 7.47. The maximum absolute atomic E-state index is 12.0. The third-order valence-electron chi connectivity index (χ3n) is 5.87. The highest BCUT2D eigenvalue weighted by atomic mass is 16.6. The number of nitrogens with zero attached hydrogens (tertiary/aromatic N) is 1. The zero-order valence-electron chi connectivity index (χ0n) is 17.6. The number of nitro benzene ring substituents is 1. The normalized spacial score (nSPS) is 14.5. The van der Waals surface area contributed by atoms with Crippen molar-refractivity contribution in [1.29, 1.82) is 0 Å². The molecule has 31 heavy (non-hydrogen) atoms. The fourth-order valence-corrected chi connectivity index (χ4v) is 4.21. The fraction of sp³-hybridized carbons (Fsp3) is 0.375. The Balaban J connectivity index is 1.81. The standard InChI is InChI=1S/C24H26N2O5/c1-30-23(27)10-7-16-13-20(17-8-9-21-18(15-17)11-12-25-21)24(22(14-16)26(28)29)31-19-5-3-2-4-6-19/h8-9,11-15,19,25H,2-7,10H2,1H3. The van der Waals surface area contributed by atoms with Gasteiger partial charge in [0.05, 0.1) is 18.1 Å². The van der Waals surface area contributed by atoms with Crippen LogP contribution in [0.25, 0.3) is 22.0 Å². The van der Waals surface area contributed by atoms with Crippen molar-refractivity contribution < 1.29 is 19.2 Å². The number of carbonyl (C=O) groups is 1. The van der Waals surface area contributed by atoms with Gasteiger partial charge in [-0.05, 0) is 72.9 Å². The molecule has 0 aliphatic heterocycles. The van der Waals surface area contributed by atoms with Crippen LogP contribution in [0, 0.1) is 10.1 Å². The molecule has 2 aromatic carbocycles. The molecule has 1 aliphatic carbocycles. The van der Waals surface area contributed by atoms with E-state index in [9.17, 15) is 14.9 Å².